The van der Waals surface area contributed by atoms with Crippen LogP contribution < -0.4 is 5.43 Å². The van der Waals surface area contributed by atoms with Crippen LogP contribution in [0, 0.1) is 0 Å². The van der Waals surface area contributed by atoms with Crippen molar-refractivity contribution >= 4 is 55.5 Å². The van der Waals surface area contributed by atoms with Gasteiger partial charge in [-0.2, -0.15) is 5.10 Å². The Kier molecular flexibility index (Phi) is 6.36. The van der Waals surface area contributed by atoms with E-state index in [9.17, 15) is 4.79 Å². The van der Waals surface area contributed by atoms with Gasteiger partial charge in [0, 0.05) is 22.4 Å². The number of hydrogen-bond donors (Lipinski definition) is 1. The van der Waals surface area contributed by atoms with Crippen molar-refractivity contribution in [1.29, 1.82) is 0 Å². The van der Waals surface area contributed by atoms with Crippen LogP contribution in [0.25, 0.3) is 10.2 Å². The van der Waals surface area contributed by atoms with Crippen LogP contribution in [0.15, 0.2) is 40.2 Å². The first-order chi connectivity index (χ1) is 14.8. The van der Waals surface area contributed by atoms with Crippen molar-refractivity contribution in [2.24, 2.45) is 5.10 Å². The summed E-state index contributed by atoms with van der Waals surface area (Å²) >= 11 is 5.08. The van der Waals surface area contributed by atoms with Gasteiger partial charge in [0.25, 0.3) is 0 Å². The van der Waals surface area contributed by atoms with Crippen LogP contribution in [0.4, 0.5) is 5.82 Å². The lowest BCUT2D eigenvalue weighted by Gasteiger charge is -2.27. The van der Waals surface area contributed by atoms with E-state index in [1.807, 2.05) is 45.0 Å². The van der Waals surface area contributed by atoms with Crippen molar-refractivity contribution in [2.75, 3.05) is 18.5 Å². The Morgan fingerprint density at radius 1 is 1.32 bits per heavy atom. The number of carbonyl (C=O) groups is 1. The molecule has 0 atom stereocenters. The van der Waals surface area contributed by atoms with Gasteiger partial charge in [-0.15, -0.1) is 11.3 Å². The average Bonchev–Trinajstić information content (AvgIpc) is 3.06. The molecule has 0 fully saturated rings. The fourth-order valence-electron chi connectivity index (χ4n) is 3.47. The first-order valence-electron chi connectivity index (χ1n) is 10.0. The fourth-order valence-corrected chi connectivity index (χ4v) is 4.97. The maximum absolute atomic E-state index is 12.2. The highest BCUT2D eigenvalue weighted by atomic mass is 79.9. The summed E-state index contributed by atoms with van der Waals surface area (Å²) < 4.78 is 6.49. The maximum atomic E-state index is 12.2. The van der Waals surface area contributed by atoms with Crippen LogP contribution in [0.3, 0.4) is 0 Å². The molecule has 3 aromatic rings. The molecule has 3 heterocycles. The number of nitrogens with zero attached hydrogens (tertiary/aromatic N) is 4. The molecule has 9 heteroatoms. The Labute approximate surface area is 193 Å². The van der Waals surface area contributed by atoms with E-state index in [1.54, 1.807) is 23.9 Å². The van der Waals surface area contributed by atoms with E-state index >= 15 is 0 Å². The smallest absolute Gasteiger partial charge is 0.320 e. The predicted octanol–water partition coefficient (Wildman–Crippen LogP) is 4.60. The van der Waals surface area contributed by atoms with Gasteiger partial charge < -0.3 is 4.74 Å². The molecule has 2 aromatic heterocycles. The Hall–Kier alpha value is -2.36. The first kappa shape index (κ1) is 21.9. The molecule has 0 saturated heterocycles. The van der Waals surface area contributed by atoms with Gasteiger partial charge in [-0.05, 0) is 50.5 Å². The van der Waals surface area contributed by atoms with E-state index in [1.165, 1.54) is 10.4 Å². The third kappa shape index (κ3) is 5.47. The van der Waals surface area contributed by atoms with Crippen LogP contribution in [0.1, 0.15) is 36.8 Å². The highest BCUT2D eigenvalue weighted by Crippen LogP contribution is 2.37. The van der Waals surface area contributed by atoms with Gasteiger partial charge in [-0.25, -0.2) is 9.97 Å². The molecule has 0 spiro atoms. The molecule has 0 radical (unpaired) electrons. The molecule has 4 rings (SSSR count). The van der Waals surface area contributed by atoms with Crippen molar-refractivity contribution < 1.29 is 9.53 Å². The number of fused-ring (bicyclic) bond motifs is 3. The Balaban J connectivity index is 1.49. The SMILES string of the molecule is CC(C)(C)OC(=O)CN1CCc2c(sc3ncnc(N/N=C/c4ccc(Br)cc4)c23)C1. The molecule has 0 saturated carbocycles. The van der Waals surface area contributed by atoms with Crippen molar-refractivity contribution in [3.05, 3.63) is 51.1 Å². The molecule has 31 heavy (non-hydrogen) atoms. The number of aromatic nitrogens is 2. The number of benzene rings is 1. The largest absolute Gasteiger partial charge is 0.459 e. The number of carbonyl (C=O) groups excluding carboxylic acids is 1. The third-order valence-corrected chi connectivity index (χ3v) is 6.40. The van der Waals surface area contributed by atoms with Gasteiger partial charge in [0.2, 0.25) is 0 Å². The van der Waals surface area contributed by atoms with E-state index in [4.69, 9.17) is 4.74 Å². The molecule has 0 aliphatic carbocycles. The Bertz CT molecular complexity index is 1120. The lowest BCUT2D eigenvalue weighted by atomic mass is 10.1. The van der Waals surface area contributed by atoms with Gasteiger partial charge in [0.15, 0.2) is 5.82 Å². The van der Waals surface area contributed by atoms with Gasteiger partial charge in [-0.3, -0.25) is 15.1 Å². The molecule has 1 aliphatic rings. The number of nitrogens with one attached hydrogen (secondary N) is 1. The Morgan fingerprint density at radius 3 is 2.84 bits per heavy atom. The minimum atomic E-state index is -0.470. The van der Waals surface area contributed by atoms with Crippen LogP contribution in [0.5, 0.6) is 0 Å². The molecule has 0 amide bonds. The summed E-state index contributed by atoms with van der Waals surface area (Å²) in [7, 11) is 0. The highest BCUT2D eigenvalue weighted by molar-refractivity contribution is 9.10. The van der Waals surface area contributed by atoms with Gasteiger partial charge in [0.1, 0.15) is 16.8 Å². The maximum Gasteiger partial charge on any atom is 0.320 e. The summed E-state index contributed by atoms with van der Waals surface area (Å²) in [6, 6.07) is 7.91. The molecule has 7 nitrogen and oxygen atoms in total. The summed E-state index contributed by atoms with van der Waals surface area (Å²) in [5.74, 6) is 0.512. The second-order valence-electron chi connectivity index (χ2n) is 8.37. The van der Waals surface area contributed by atoms with Crippen molar-refractivity contribution in [2.45, 2.75) is 39.3 Å². The van der Waals surface area contributed by atoms with Crippen LogP contribution >= 0.6 is 27.3 Å². The minimum Gasteiger partial charge on any atom is -0.459 e. The number of hydrogen-bond acceptors (Lipinski definition) is 8. The fraction of sp³-hybridized carbons (Fsp3) is 0.364. The topological polar surface area (TPSA) is 79.7 Å². The number of hydrazone groups is 1. The molecular formula is C22H24BrN5O2S. The van der Waals surface area contributed by atoms with E-state index in [-0.39, 0.29) is 5.97 Å². The average molecular weight is 502 g/mol. The second-order valence-corrected chi connectivity index (χ2v) is 10.4. The zero-order valence-corrected chi connectivity index (χ0v) is 20.1. The normalized spacial score (nSPS) is 14.7. The minimum absolute atomic E-state index is 0.193. The van der Waals surface area contributed by atoms with E-state index in [2.05, 4.69) is 41.3 Å². The van der Waals surface area contributed by atoms with Gasteiger partial charge >= 0.3 is 5.97 Å². The summed E-state index contributed by atoms with van der Waals surface area (Å²) in [6.45, 7) is 7.44. The van der Waals surface area contributed by atoms with E-state index < -0.39 is 5.60 Å². The quantitative estimate of drug-likeness (QED) is 0.312. The summed E-state index contributed by atoms with van der Waals surface area (Å²) in [5.41, 5.74) is 4.84. The number of thiophene rings is 1. The van der Waals surface area contributed by atoms with E-state index in [0.29, 0.717) is 18.9 Å². The molecule has 1 aromatic carbocycles. The zero-order valence-electron chi connectivity index (χ0n) is 17.7. The van der Waals surface area contributed by atoms with Crippen molar-refractivity contribution in [3.8, 4) is 0 Å². The Morgan fingerprint density at radius 2 is 2.10 bits per heavy atom. The molecule has 162 valence electrons. The van der Waals surface area contributed by atoms with Crippen LogP contribution in [-0.2, 0) is 22.5 Å². The van der Waals surface area contributed by atoms with Gasteiger partial charge in [-0.1, -0.05) is 28.1 Å². The third-order valence-electron chi connectivity index (χ3n) is 4.74. The predicted molar refractivity (Wildman–Crippen MR) is 128 cm³/mol. The number of ether oxygens (including phenoxy) is 1. The summed E-state index contributed by atoms with van der Waals surface area (Å²) in [5, 5.41) is 5.38. The molecule has 0 unspecified atom stereocenters. The number of halogens is 1. The lowest BCUT2D eigenvalue weighted by Crippen LogP contribution is -2.37. The van der Waals surface area contributed by atoms with Gasteiger partial charge in [0.05, 0.1) is 18.1 Å². The standard InChI is InChI=1S/C22H24BrN5O2S/c1-22(2,3)30-18(29)12-28-9-8-16-17(11-28)31-21-19(16)20(24-13-25-21)27-26-10-14-4-6-15(23)7-5-14/h4-7,10,13H,8-9,11-12H2,1-3H3,(H,24,25,27)/b26-10+. The number of rotatable bonds is 5. The van der Waals surface area contributed by atoms with Crippen molar-refractivity contribution in [3.63, 3.8) is 0 Å². The first-order valence-corrected chi connectivity index (χ1v) is 11.6. The molecular weight excluding hydrogens is 478 g/mol. The monoisotopic (exact) mass is 501 g/mol. The molecule has 1 N–H and O–H groups in total. The lowest BCUT2D eigenvalue weighted by molar-refractivity contribution is -0.156. The van der Waals surface area contributed by atoms with Crippen molar-refractivity contribution in [1.82, 2.24) is 14.9 Å². The second kappa shape index (κ2) is 9.02. The summed E-state index contributed by atoms with van der Waals surface area (Å²) in [6.07, 6.45) is 4.15. The zero-order chi connectivity index (χ0) is 22.0. The number of esters is 1. The van der Waals surface area contributed by atoms with Crippen LogP contribution in [-0.4, -0.2) is 45.7 Å². The molecule has 1 aliphatic heterocycles. The molecule has 0 bridgehead atoms. The highest BCUT2D eigenvalue weighted by Gasteiger charge is 2.26. The summed E-state index contributed by atoms with van der Waals surface area (Å²) in [4.78, 5) is 25.3. The van der Waals surface area contributed by atoms with E-state index in [0.717, 1.165) is 33.2 Å². The van der Waals surface area contributed by atoms with Crippen LogP contribution in [0.2, 0.25) is 0 Å². The number of anilines is 1.